The van der Waals surface area contributed by atoms with Gasteiger partial charge in [0.25, 0.3) is 0 Å². The molecular weight excluding hydrogens is 873 g/mol. The van der Waals surface area contributed by atoms with E-state index >= 15 is 0 Å². The van der Waals surface area contributed by atoms with Gasteiger partial charge in [-0.1, -0.05) is 177 Å². The monoisotopic (exact) mass is 997 g/mol. The highest BCUT2D eigenvalue weighted by Crippen LogP contribution is 2.53. The van der Waals surface area contributed by atoms with Crippen molar-refractivity contribution in [1.82, 2.24) is 8.80 Å². The van der Waals surface area contributed by atoms with Gasteiger partial charge in [-0.2, -0.15) is 0 Å². The molecule has 0 saturated heterocycles. The number of para-hydroxylation sites is 4. The van der Waals surface area contributed by atoms with Gasteiger partial charge in [-0.15, -0.1) is 0 Å². The molecule has 4 heterocycles. The van der Waals surface area contributed by atoms with Crippen molar-refractivity contribution in [2.24, 2.45) is 0 Å². The molecule has 4 nitrogen and oxygen atoms in total. The third kappa shape index (κ3) is 6.43. The Morgan fingerprint density at radius 2 is 0.778 bits per heavy atom. The molecule has 0 aliphatic carbocycles. The Morgan fingerprint density at radius 3 is 1.15 bits per heavy atom. The van der Waals surface area contributed by atoms with E-state index in [9.17, 15) is 57.6 Å². The molecule has 4 heteroatoms. The van der Waals surface area contributed by atoms with Crippen LogP contribution in [0.4, 0.5) is 34.1 Å². The first kappa shape index (κ1) is 13.4. The minimum atomic E-state index is -4.80. The van der Waals surface area contributed by atoms with Crippen LogP contribution in [0.15, 0.2) is 181 Å². The average Bonchev–Trinajstić information content (AvgIpc) is 1.47. The van der Waals surface area contributed by atoms with Crippen molar-refractivity contribution in [2.75, 3.05) is 9.80 Å². The van der Waals surface area contributed by atoms with Crippen molar-refractivity contribution in [2.45, 2.75) is 91.1 Å². The molecule has 0 amide bonds. The van der Waals surface area contributed by atoms with Gasteiger partial charge in [-0.05, 0) is 117 Å². The van der Waals surface area contributed by atoms with Crippen molar-refractivity contribution in [3.05, 3.63) is 204 Å². The average molecular weight is 998 g/mol. The lowest BCUT2D eigenvalue weighted by Gasteiger charge is -2.27. The van der Waals surface area contributed by atoms with Gasteiger partial charge >= 0.3 is 0 Å². The van der Waals surface area contributed by atoms with Gasteiger partial charge in [-0.3, -0.25) is 0 Å². The summed E-state index contributed by atoms with van der Waals surface area (Å²) in [6.45, 7) is -45.2. The maximum Gasteiger partial charge on any atom is 0.0653 e. The van der Waals surface area contributed by atoms with E-state index in [0.29, 0.717) is 0 Å². The molecule has 4 aromatic heterocycles. The predicted octanol–water partition coefficient (Wildman–Crippen LogP) is 19.8. The molecule has 0 aliphatic rings. The van der Waals surface area contributed by atoms with Crippen molar-refractivity contribution in [3.63, 3.8) is 0 Å². The highest BCUT2D eigenvalue weighted by Gasteiger charge is 2.31. The van der Waals surface area contributed by atoms with Crippen molar-refractivity contribution in [1.29, 1.82) is 0 Å². The van der Waals surface area contributed by atoms with Gasteiger partial charge in [-0.25, -0.2) is 0 Å². The topological polar surface area (TPSA) is 15.3 Å². The second kappa shape index (κ2) is 15.8. The van der Waals surface area contributed by atoms with E-state index in [2.05, 4.69) is 0 Å². The number of hydrogen-bond donors (Lipinski definition) is 0. The largest absolute Gasteiger partial charge is 0.310 e. The summed E-state index contributed by atoms with van der Waals surface area (Å²) in [7, 11) is 0. The molecule has 0 N–H and O–H groups in total. The van der Waals surface area contributed by atoms with Gasteiger partial charge in [0.1, 0.15) is 0 Å². The number of hydrogen-bond acceptors (Lipinski definition) is 2. The smallest absolute Gasteiger partial charge is 0.0653 e. The minimum Gasteiger partial charge on any atom is -0.310 e. The highest BCUT2D eigenvalue weighted by atomic mass is 15.2. The van der Waals surface area contributed by atoms with E-state index in [1.807, 2.05) is 0 Å². The van der Waals surface area contributed by atoms with Gasteiger partial charge in [0.2, 0.25) is 0 Å². The summed E-state index contributed by atoms with van der Waals surface area (Å²) >= 11 is 0. The van der Waals surface area contributed by atoms with Gasteiger partial charge < -0.3 is 18.6 Å². The van der Waals surface area contributed by atoms with E-state index in [0.717, 1.165) is 0 Å². The molecule has 0 spiro atoms. The van der Waals surface area contributed by atoms with Crippen LogP contribution in [0.25, 0.3) is 76.2 Å². The zero-order valence-corrected chi connectivity index (χ0v) is 35.8. The van der Waals surface area contributed by atoms with Crippen LogP contribution in [-0.2, 0) is 10.8 Å². The van der Waals surface area contributed by atoms with Gasteiger partial charge in [0, 0.05) is 110 Å². The fourth-order valence-corrected chi connectivity index (χ4v) is 9.05. The van der Waals surface area contributed by atoms with Crippen LogP contribution in [0, 0.1) is 0 Å². The summed E-state index contributed by atoms with van der Waals surface area (Å²) in [6.07, 6.45) is 0. The molecule has 0 fully saturated rings. The number of aromatic nitrogens is 2. The Morgan fingerprint density at radius 1 is 0.389 bits per heavy atom. The molecule has 0 saturated carbocycles. The highest BCUT2D eigenvalue weighted by molar-refractivity contribution is 6.32. The second-order valence-corrected chi connectivity index (χ2v) is 16.0. The Balaban J connectivity index is 1.47. The molecule has 0 atom stereocenters. The molecule has 0 unspecified atom stereocenters. The summed E-state index contributed by atoms with van der Waals surface area (Å²) in [5.41, 5.74) is -35.6. The molecule has 0 radical (unpaired) electrons. The Kier molecular flexibility index (Phi) is 2.95. The standard InChI is InChI=1S/C68H62N4/c1-41(2)43-27-31-47(32-28-43)69(45-19-13-11-14-20-45)57-37-35-49-53-39-60-54(40-59(53)71-63-51(61(57)65(49)71)23-17-25-55(63)67(5,6)7)50-36-38-58(62-52-24-18-26-56(68(8,9)10)64(52)72(60)66(50)62)70(46-21-15-12-16-22-46)48-33-29-44(30-34-48)42(3)4/h11-42H,1-10H3/i1D3,2D3,3D3,4D3,5D3,6D3,7D3,8D3,9D3,10D3,11D,12D,13D,14D,15D,16D,17D,18D,19D,20D,21D,22D,23D,24D,25D,26D,27D,28D,29D,30D,31D,32D,33D,34D,35D,36D,37D,38D,39D,40D,41D,42D. The van der Waals surface area contributed by atoms with Crippen LogP contribution in [0.2, 0.25) is 0 Å². The van der Waals surface area contributed by atoms with E-state index in [4.69, 9.17) is 27.4 Å². The van der Waals surface area contributed by atoms with E-state index < -0.39 is 405 Å². The number of anilines is 6. The quantitative estimate of drug-likeness (QED) is 0.151. The van der Waals surface area contributed by atoms with Gasteiger partial charge in [0.15, 0.2) is 0 Å². The zero-order valence-electron chi connectivity index (χ0n) is 97.8. The Bertz CT molecular complexity index is 6700. The first-order valence-corrected chi connectivity index (χ1v) is 20.7. The van der Waals surface area contributed by atoms with Crippen molar-refractivity contribution >= 4 is 110 Å². The summed E-state index contributed by atoms with van der Waals surface area (Å²) in [5, 5.41) is -11.1. The van der Waals surface area contributed by atoms with Crippen LogP contribution in [-0.4, -0.2) is 8.80 Å². The van der Waals surface area contributed by atoms with Crippen molar-refractivity contribution in [3.8, 4) is 0 Å². The van der Waals surface area contributed by atoms with Crippen LogP contribution in [0.5, 0.6) is 0 Å². The van der Waals surface area contributed by atoms with Crippen LogP contribution in [0.3, 0.4) is 0 Å². The third-order valence-electron chi connectivity index (χ3n) is 11.8. The van der Waals surface area contributed by atoms with Crippen LogP contribution >= 0.6 is 0 Å². The number of benzene rings is 9. The number of rotatable bonds is 8. The first-order valence-electron chi connectivity index (χ1n) is 51.7. The first-order chi connectivity index (χ1) is 60.3. The molecule has 0 aliphatic heterocycles. The number of nitrogens with zero attached hydrogens (tertiary/aromatic N) is 4. The Labute approximate surface area is 510 Å². The zero-order chi connectivity index (χ0) is 102. The fraction of sp³-hybridized carbons (Fsp3) is 0.206. The maximum absolute atomic E-state index is 11.0. The lowest BCUT2D eigenvalue weighted by Crippen LogP contribution is -2.12. The van der Waals surface area contributed by atoms with E-state index in [1.54, 1.807) is 0 Å². The summed E-state index contributed by atoms with van der Waals surface area (Å²) < 4.78 is 576. The Hall–Kier alpha value is -7.82. The van der Waals surface area contributed by atoms with Crippen LogP contribution in [0.1, 0.15) is 188 Å². The molecular formula is C68H62N4. The van der Waals surface area contributed by atoms with E-state index in [-0.39, 0.29) is 18.6 Å². The molecule has 13 rings (SSSR count). The van der Waals surface area contributed by atoms with E-state index in [1.165, 1.54) is 0 Å². The van der Waals surface area contributed by atoms with Gasteiger partial charge in [0.05, 0.1) is 85.6 Å². The second-order valence-electron chi connectivity index (χ2n) is 16.0. The molecule has 354 valence electrons. The lowest BCUT2D eigenvalue weighted by atomic mass is 9.85. The fourth-order valence-electron chi connectivity index (χ4n) is 9.05. The minimum absolute atomic E-state index is 0.0366. The molecule has 9 aromatic carbocycles. The molecule has 72 heavy (non-hydrogen) atoms. The SMILES string of the molecule is [2H]c1c([2H])c([2H])c(N(c2c([2H])c([2H])c(C([2H])(C([2H])([2H])[2H])C([2H])([2H])[2H])c([2H])c2[2H])c2c([2H])c([2H])c3c4c([2H])c5c(c([2H])c4n4c6c(C(C([2H])([2H])[2H])(C([2H])([2H])[2H])C([2H])([2H])[2H])c([2H])c([2H])c([2H])c6c2c34)c2c([2H])c([2H])c(N(c3c([2H])c([2H])c([2H])c([2H])c3[2H])c3c([2H])c([2H])c(C([2H])(C([2H])([2H])[2H])C([2H])([2H])[2H])c([2H])c3[2H])c3c4c([2H])c([2H])c([2H])c(C(C([2H])([2H])[2H])(C([2H])([2H])[2H])C([2H])([2H])[2H])c4n5c23)c([2H])c1[2H]. The van der Waals surface area contributed by atoms with Crippen molar-refractivity contribution < 1.29 is 85.0 Å². The lowest BCUT2D eigenvalue weighted by molar-refractivity contribution is 0.594. The molecule has 0 bridgehead atoms. The molecule has 13 aromatic rings. The number of fused-ring (bicyclic) bond motifs is 12. The summed E-state index contributed by atoms with van der Waals surface area (Å²) in [5.74, 6) is -8.50. The predicted molar refractivity (Wildman–Crippen MR) is 311 cm³/mol. The normalized spacial score (nSPS) is 27.3. The maximum atomic E-state index is 11.0. The third-order valence-corrected chi connectivity index (χ3v) is 11.8. The van der Waals surface area contributed by atoms with Crippen LogP contribution < -0.4 is 9.80 Å². The summed E-state index contributed by atoms with van der Waals surface area (Å²) in [6, 6.07) is -50.4. The summed E-state index contributed by atoms with van der Waals surface area (Å²) in [4.78, 5) is -0.0732.